The first-order valence-electron chi connectivity index (χ1n) is 7.06. The van der Waals surface area contributed by atoms with Gasteiger partial charge in [-0.1, -0.05) is 13.8 Å². The molecule has 0 heterocycles. The summed E-state index contributed by atoms with van der Waals surface area (Å²) < 4.78 is 0. The van der Waals surface area contributed by atoms with E-state index in [1.807, 2.05) is 0 Å². The van der Waals surface area contributed by atoms with Crippen LogP contribution in [0.15, 0.2) is 0 Å². The van der Waals surface area contributed by atoms with E-state index in [0.717, 1.165) is 0 Å². The number of carbonyl (C=O) groups is 4. The lowest BCUT2D eigenvalue weighted by molar-refractivity contribution is -0.138. The first-order chi connectivity index (χ1) is 10.6. The number of carbonyl (C=O) groups excluding carboxylic acids is 3. The summed E-state index contributed by atoms with van der Waals surface area (Å²) in [7, 11) is 0. The predicted octanol–water partition coefficient (Wildman–Crippen LogP) is -2.85. The molecule has 10 nitrogen and oxygen atoms in total. The van der Waals surface area contributed by atoms with Gasteiger partial charge in [-0.2, -0.15) is 0 Å². The maximum Gasteiger partial charge on any atom is 0.322 e. The molecular formula is C13H24N4O6. The highest BCUT2D eigenvalue weighted by Crippen LogP contribution is 2.03. The molecule has 3 amide bonds. The predicted molar refractivity (Wildman–Crippen MR) is 80.1 cm³/mol. The summed E-state index contributed by atoms with van der Waals surface area (Å²) in [5, 5.41) is 24.2. The van der Waals surface area contributed by atoms with Gasteiger partial charge >= 0.3 is 5.97 Å². The van der Waals surface area contributed by atoms with E-state index in [9.17, 15) is 19.2 Å². The van der Waals surface area contributed by atoms with Crippen LogP contribution in [0, 0.1) is 5.92 Å². The number of amides is 3. The van der Waals surface area contributed by atoms with Crippen LogP contribution in [-0.2, 0) is 19.2 Å². The van der Waals surface area contributed by atoms with Crippen molar-refractivity contribution in [2.24, 2.45) is 11.7 Å². The molecule has 23 heavy (non-hydrogen) atoms. The van der Waals surface area contributed by atoms with Gasteiger partial charge in [0.2, 0.25) is 17.7 Å². The maximum atomic E-state index is 12.2. The second kappa shape index (κ2) is 9.74. The minimum absolute atomic E-state index is 0.292. The number of hydrogen-bond acceptors (Lipinski definition) is 6. The molecule has 3 atom stereocenters. The minimum atomic E-state index is -1.21. The molecule has 0 radical (unpaired) electrons. The Hall–Kier alpha value is -2.20. The summed E-state index contributed by atoms with van der Waals surface area (Å²) >= 11 is 0. The molecule has 0 bridgehead atoms. The third-order valence-corrected chi connectivity index (χ3v) is 2.95. The smallest absolute Gasteiger partial charge is 0.322 e. The van der Waals surface area contributed by atoms with Crippen molar-refractivity contribution in [3.05, 3.63) is 0 Å². The van der Waals surface area contributed by atoms with Gasteiger partial charge < -0.3 is 31.9 Å². The van der Waals surface area contributed by atoms with Crippen LogP contribution >= 0.6 is 0 Å². The van der Waals surface area contributed by atoms with Gasteiger partial charge in [-0.05, 0) is 12.8 Å². The van der Waals surface area contributed by atoms with Crippen LogP contribution in [0.1, 0.15) is 20.8 Å². The fraction of sp³-hybridized carbons (Fsp3) is 0.692. The molecule has 0 saturated carbocycles. The average molecular weight is 332 g/mol. The number of carboxylic acid groups (broad SMARTS) is 1. The third kappa shape index (κ3) is 7.56. The second-order valence-electron chi connectivity index (χ2n) is 5.36. The number of aliphatic hydroxyl groups excluding tert-OH is 1. The summed E-state index contributed by atoms with van der Waals surface area (Å²) in [6.45, 7) is 3.63. The summed E-state index contributed by atoms with van der Waals surface area (Å²) in [6, 6.07) is -3.08. The zero-order valence-corrected chi connectivity index (χ0v) is 13.3. The Kier molecular flexibility index (Phi) is 8.81. The van der Waals surface area contributed by atoms with Gasteiger partial charge in [0.25, 0.3) is 0 Å². The van der Waals surface area contributed by atoms with Crippen LogP contribution in [0.2, 0.25) is 0 Å². The van der Waals surface area contributed by atoms with Crippen LogP contribution in [0.3, 0.4) is 0 Å². The van der Waals surface area contributed by atoms with E-state index >= 15 is 0 Å². The molecule has 0 aromatic rings. The average Bonchev–Trinajstić information content (AvgIpc) is 2.48. The number of carboxylic acids is 1. The zero-order chi connectivity index (χ0) is 18.2. The number of hydrogen-bond donors (Lipinski definition) is 6. The molecular weight excluding hydrogens is 308 g/mol. The monoisotopic (exact) mass is 332 g/mol. The van der Waals surface area contributed by atoms with Crippen LogP contribution < -0.4 is 21.7 Å². The van der Waals surface area contributed by atoms with Crippen molar-refractivity contribution in [3.63, 3.8) is 0 Å². The maximum absolute atomic E-state index is 12.2. The molecule has 7 N–H and O–H groups in total. The summed E-state index contributed by atoms with van der Waals surface area (Å²) in [5.74, 6) is -3.47. The fourth-order valence-electron chi connectivity index (χ4n) is 1.56. The van der Waals surface area contributed by atoms with Crippen molar-refractivity contribution < 1.29 is 29.4 Å². The highest BCUT2D eigenvalue weighted by Gasteiger charge is 2.28. The van der Waals surface area contributed by atoms with E-state index in [-0.39, 0.29) is 5.92 Å². The molecule has 0 aromatic heterocycles. The standard InChI is InChI=1S/C13H24N4O6/c1-6(2)10(17-12(22)8(14)5-18)13(23)16-7(3)11(21)15-4-9(19)20/h6-8,10,18H,4-5,14H2,1-3H3,(H,15,21)(H,16,23)(H,17,22)(H,19,20). The molecule has 0 aliphatic heterocycles. The van der Waals surface area contributed by atoms with Crippen LogP contribution in [0.4, 0.5) is 0 Å². The molecule has 10 heteroatoms. The lowest BCUT2D eigenvalue weighted by Crippen LogP contribution is -2.57. The Morgan fingerprint density at radius 1 is 1.00 bits per heavy atom. The molecule has 132 valence electrons. The summed E-state index contributed by atoms with van der Waals surface area (Å²) in [6.07, 6.45) is 0. The van der Waals surface area contributed by atoms with E-state index in [1.165, 1.54) is 6.92 Å². The van der Waals surface area contributed by atoms with Crippen molar-refractivity contribution in [1.29, 1.82) is 0 Å². The van der Waals surface area contributed by atoms with Gasteiger partial charge in [-0.15, -0.1) is 0 Å². The normalized spacial score (nSPS) is 14.5. The molecule has 0 spiro atoms. The van der Waals surface area contributed by atoms with Crippen LogP contribution in [-0.4, -0.2) is 65.2 Å². The third-order valence-electron chi connectivity index (χ3n) is 2.95. The van der Waals surface area contributed by atoms with Gasteiger partial charge in [0.15, 0.2) is 0 Å². The second-order valence-corrected chi connectivity index (χ2v) is 5.36. The lowest BCUT2D eigenvalue weighted by Gasteiger charge is -2.24. The Bertz CT molecular complexity index is 454. The Balaban J connectivity index is 4.70. The molecule has 0 aromatic carbocycles. The Morgan fingerprint density at radius 3 is 2.00 bits per heavy atom. The van der Waals surface area contributed by atoms with E-state index in [2.05, 4.69) is 16.0 Å². The highest BCUT2D eigenvalue weighted by atomic mass is 16.4. The van der Waals surface area contributed by atoms with E-state index in [0.29, 0.717) is 0 Å². The number of rotatable bonds is 9. The van der Waals surface area contributed by atoms with Gasteiger partial charge in [0, 0.05) is 0 Å². The molecule has 0 saturated heterocycles. The minimum Gasteiger partial charge on any atom is -0.480 e. The van der Waals surface area contributed by atoms with Gasteiger partial charge in [-0.3, -0.25) is 19.2 Å². The van der Waals surface area contributed by atoms with Crippen molar-refractivity contribution in [2.75, 3.05) is 13.2 Å². The highest BCUT2D eigenvalue weighted by molar-refractivity contribution is 5.93. The Labute approximate surface area is 133 Å². The van der Waals surface area contributed by atoms with E-state index < -0.39 is 55.0 Å². The Morgan fingerprint density at radius 2 is 1.57 bits per heavy atom. The summed E-state index contributed by atoms with van der Waals surface area (Å²) in [4.78, 5) is 45.8. The largest absolute Gasteiger partial charge is 0.480 e. The van der Waals surface area contributed by atoms with E-state index in [1.54, 1.807) is 13.8 Å². The van der Waals surface area contributed by atoms with Gasteiger partial charge in [-0.25, -0.2) is 0 Å². The van der Waals surface area contributed by atoms with Crippen molar-refractivity contribution >= 4 is 23.7 Å². The first-order valence-corrected chi connectivity index (χ1v) is 7.06. The number of aliphatic hydroxyl groups is 1. The van der Waals surface area contributed by atoms with Crippen LogP contribution in [0.5, 0.6) is 0 Å². The molecule has 0 aliphatic carbocycles. The van der Waals surface area contributed by atoms with Gasteiger partial charge in [0.05, 0.1) is 6.61 Å². The zero-order valence-electron chi connectivity index (χ0n) is 13.3. The topological polar surface area (TPSA) is 171 Å². The van der Waals surface area contributed by atoms with E-state index in [4.69, 9.17) is 15.9 Å². The SMILES string of the molecule is CC(NC(=O)C(NC(=O)C(N)CO)C(C)C)C(=O)NCC(=O)O. The van der Waals surface area contributed by atoms with Crippen molar-refractivity contribution in [3.8, 4) is 0 Å². The first kappa shape index (κ1) is 20.8. The van der Waals surface area contributed by atoms with Crippen LogP contribution in [0.25, 0.3) is 0 Å². The van der Waals surface area contributed by atoms with Crippen molar-refractivity contribution in [2.45, 2.75) is 38.9 Å². The molecule has 3 unspecified atom stereocenters. The quantitative estimate of drug-likeness (QED) is 0.264. The van der Waals surface area contributed by atoms with Gasteiger partial charge in [0.1, 0.15) is 24.7 Å². The van der Waals surface area contributed by atoms with Crippen molar-refractivity contribution in [1.82, 2.24) is 16.0 Å². The molecule has 0 fully saturated rings. The number of nitrogens with two attached hydrogens (primary N) is 1. The molecule has 0 rings (SSSR count). The molecule has 0 aliphatic rings. The number of aliphatic carboxylic acids is 1. The summed E-state index contributed by atoms with van der Waals surface area (Å²) in [5.41, 5.74) is 5.37. The lowest BCUT2D eigenvalue weighted by atomic mass is 10.0. The number of nitrogens with one attached hydrogen (secondary N) is 3. The fourth-order valence-corrected chi connectivity index (χ4v) is 1.56.